The number of aliphatic hydroxyl groups excluding tert-OH is 2. The van der Waals surface area contributed by atoms with E-state index in [1.54, 1.807) is 6.07 Å². The number of aromatic nitrogens is 3. The number of fused-ring (bicyclic) bond motifs is 1. The van der Waals surface area contributed by atoms with E-state index < -0.39 is 42.3 Å². The second kappa shape index (κ2) is 8.87. The second-order valence-electron chi connectivity index (χ2n) is 9.24. The highest BCUT2D eigenvalue weighted by molar-refractivity contribution is 5.66. The molecule has 0 radical (unpaired) electrons. The lowest BCUT2D eigenvalue weighted by molar-refractivity contribution is -0.0954. The summed E-state index contributed by atoms with van der Waals surface area (Å²) in [5.74, 6) is 0.250. The number of hydrogen-bond donors (Lipinski definition) is 3. The molecule has 0 amide bonds. The smallest absolute Gasteiger partial charge is 0.431 e. The Morgan fingerprint density at radius 3 is 2.85 bits per heavy atom. The number of nitrogens with zero attached hydrogens (tertiary/aromatic N) is 4. The van der Waals surface area contributed by atoms with E-state index in [4.69, 9.17) is 19.9 Å². The largest absolute Gasteiger partial charge is 0.508 e. The highest BCUT2D eigenvalue weighted by Crippen LogP contribution is 2.41. The lowest BCUT2D eigenvalue weighted by Gasteiger charge is -2.38. The Bertz CT molecular complexity index is 1160. The number of nitrogen functional groups attached to an aromatic ring is 1. The highest BCUT2D eigenvalue weighted by Gasteiger charge is 2.58. The van der Waals surface area contributed by atoms with Gasteiger partial charge in [0.25, 0.3) is 0 Å². The first-order valence-electron chi connectivity index (χ1n) is 11.2. The second-order valence-corrected chi connectivity index (χ2v) is 9.24. The Labute approximate surface area is 196 Å². The third kappa shape index (κ3) is 3.87. The first kappa shape index (κ1) is 23.9. The van der Waals surface area contributed by atoms with E-state index >= 15 is 0 Å². The van der Waals surface area contributed by atoms with Crippen LogP contribution < -0.4 is 5.73 Å². The summed E-state index contributed by atoms with van der Waals surface area (Å²) in [5.41, 5.74) is 5.05. The van der Waals surface area contributed by atoms with E-state index in [9.17, 15) is 20.3 Å². The zero-order valence-corrected chi connectivity index (χ0v) is 19.3. The first-order chi connectivity index (χ1) is 16.1. The van der Waals surface area contributed by atoms with Crippen LogP contribution in [-0.4, -0.2) is 61.5 Å². The molecule has 1 aliphatic heterocycles. The molecule has 2 aromatic rings. The molecule has 1 aliphatic carbocycles. The van der Waals surface area contributed by atoms with E-state index in [2.05, 4.69) is 16.2 Å². The maximum atomic E-state index is 12.6. The Balaban J connectivity index is 1.49. The maximum absolute atomic E-state index is 12.6. The molecule has 0 bridgehead atoms. The van der Waals surface area contributed by atoms with Gasteiger partial charge in [0, 0.05) is 6.42 Å². The highest BCUT2D eigenvalue weighted by atomic mass is 16.7. The van der Waals surface area contributed by atoms with E-state index in [-0.39, 0.29) is 17.4 Å². The summed E-state index contributed by atoms with van der Waals surface area (Å²) in [6.07, 6.45) is 0.177. The number of ether oxygens (including phenoxy) is 3. The van der Waals surface area contributed by atoms with Gasteiger partial charge in [-0.3, -0.25) is 0 Å². The van der Waals surface area contributed by atoms with Gasteiger partial charge in [0.1, 0.15) is 48.4 Å². The molecule has 1 saturated heterocycles. The van der Waals surface area contributed by atoms with Crippen LogP contribution >= 0.6 is 0 Å². The molecule has 1 unspecified atom stereocenters. The van der Waals surface area contributed by atoms with Crippen LogP contribution in [0.25, 0.3) is 5.52 Å². The molecule has 2 aliphatic rings. The van der Waals surface area contributed by atoms with Gasteiger partial charge >= 0.3 is 6.16 Å². The molecule has 2 aromatic heterocycles. The van der Waals surface area contributed by atoms with Gasteiger partial charge in [-0.2, -0.15) is 10.4 Å². The van der Waals surface area contributed by atoms with Gasteiger partial charge in [0.2, 0.25) is 5.60 Å². The molecule has 34 heavy (non-hydrogen) atoms. The molecule has 0 spiro atoms. The van der Waals surface area contributed by atoms with Crippen LogP contribution in [0, 0.1) is 17.2 Å². The number of carbonyl (C=O) groups excluding carboxylic acids is 1. The van der Waals surface area contributed by atoms with Gasteiger partial charge in [-0.05, 0) is 37.8 Å². The van der Waals surface area contributed by atoms with Crippen molar-refractivity contribution in [3.8, 4) is 6.07 Å². The predicted molar refractivity (Wildman–Crippen MR) is 119 cm³/mol. The summed E-state index contributed by atoms with van der Waals surface area (Å²) < 4.78 is 18.1. The van der Waals surface area contributed by atoms with Crippen molar-refractivity contribution >= 4 is 17.5 Å². The fourth-order valence-electron chi connectivity index (χ4n) is 4.59. The molecule has 0 saturated carbocycles. The van der Waals surface area contributed by atoms with Crippen LogP contribution in [-0.2, 0) is 19.8 Å². The van der Waals surface area contributed by atoms with E-state index in [1.165, 1.54) is 22.5 Å². The summed E-state index contributed by atoms with van der Waals surface area (Å²) >= 11 is 0. The Morgan fingerprint density at radius 1 is 1.44 bits per heavy atom. The monoisotopic (exact) mass is 471 g/mol. The van der Waals surface area contributed by atoms with Crippen molar-refractivity contribution in [3.63, 3.8) is 0 Å². The number of nitrogens with two attached hydrogens (primary N) is 1. The average Bonchev–Trinajstić information content (AvgIpc) is 3.35. The van der Waals surface area contributed by atoms with Crippen molar-refractivity contribution in [1.82, 2.24) is 14.6 Å². The number of carbonyl (C=O) groups is 1. The number of anilines is 1. The average molecular weight is 472 g/mol. The van der Waals surface area contributed by atoms with Crippen LogP contribution in [0.1, 0.15) is 45.7 Å². The molecule has 3 heterocycles. The first-order valence-corrected chi connectivity index (χ1v) is 11.2. The molecule has 1 fully saturated rings. The summed E-state index contributed by atoms with van der Waals surface area (Å²) in [7, 11) is 0. The molecule has 11 heteroatoms. The predicted octanol–water partition coefficient (Wildman–Crippen LogP) is 1.83. The molecule has 11 nitrogen and oxygen atoms in total. The van der Waals surface area contributed by atoms with Crippen molar-refractivity contribution in [3.05, 3.63) is 35.8 Å². The van der Waals surface area contributed by atoms with E-state index in [0.29, 0.717) is 18.4 Å². The summed E-state index contributed by atoms with van der Waals surface area (Å²) in [5, 5.41) is 35.4. The molecule has 4 rings (SSSR count). The topological polar surface area (TPSA) is 165 Å². The fourth-order valence-corrected chi connectivity index (χ4v) is 4.59. The molecule has 4 N–H and O–H groups in total. The molecule has 5 atom stereocenters. The van der Waals surface area contributed by atoms with E-state index in [0.717, 1.165) is 6.42 Å². The van der Waals surface area contributed by atoms with Gasteiger partial charge in [0.05, 0.1) is 5.69 Å². The number of aliphatic hydroxyl groups is 2. The zero-order chi connectivity index (χ0) is 24.7. The molecule has 0 aromatic carbocycles. The number of rotatable bonds is 5. The Morgan fingerprint density at radius 2 is 2.21 bits per heavy atom. The standard InChI is InChI=1S/C23H29N5O6/c1-13(2)22(8-6-14(3)7-9-22)34-21(31)32-10-16-18(29)19(30)23(11-24,33-16)17-5-4-15-20(25)26-12-27-28(15)17/h4-6,12-13,16,18-19,29-30H,7-10H2,1-3H3,(H2,25,26,27)/t16-,18-,19-,22?,23+/m1/s1. The van der Waals surface area contributed by atoms with Gasteiger partial charge in [-0.25, -0.2) is 14.3 Å². The van der Waals surface area contributed by atoms with Crippen LogP contribution in [0.4, 0.5) is 10.6 Å². The van der Waals surface area contributed by atoms with Crippen LogP contribution in [0.2, 0.25) is 0 Å². The third-order valence-corrected chi connectivity index (χ3v) is 6.93. The lowest BCUT2D eigenvalue weighted by Crippen LogP contribution is -2.42. The molecular formula is C23H29N5O6. The van der Waals surface area contributed by atoms with Crippen molar-refractivity contribution < 1.29 is 29.2 Å². The van der Waals surface area contributed by atoms with Gasteiger partial charge < -0.3 is 30.2 Å². The van der Waals surface area contributed by atoms with Gasteiger partial charge in [0.15, 0.2) is 5.82 Å². The van der Waals surface area contributed by atoms with E-state index in [1.807, 2.05) is 26.8 Å². The molecule has 182 valence electrons. The quantitative estimate of drug-likeness (QED) is 0.432. The third-order valence-electron chi connectivity index (χ3n) is 6.93. The number of allylic oxidation sites excluding steroid dienone is 1. The molecular weight excluding hydrogens is 442 g/mol. The SMILES string of the molecule is CC1=CCC(OC(=O)OC[C@H]2O[C@@](C#N)(c3ccc4c(N)ncnn34)[C@H](O)[C@@H]2O)(C(C)C)CC1. The van der Waals surface area contributed by atoms with Crippen LogP contribution in [0.15, 0.2) is 30.1 Å². The minimum absolute atomic E-state index is 0.0721. The van der Waals surface area contributed by atoms with Crippen LogP contribution in [0.5, 0.6) is 0 Å². The summed E-state index contributed by atoms with van der Waals surface area (Å²) in [6.45, 7) is 5.61. The van der Waals surface area contributed by atoms with Crippen LogP contribution in [0.3, 0.4) is 0 Å². The van der Waals surface area contributed by atoms with Gasteiger partial charge in [-0.1, -0.05) is 25.5 Å². The lowest BCUT2D eigenvalue weighted by atomic mass is 9.78. The summed E-state index contributed by atoms with van der Waals surface area (Å²) in [4.78, 5) is 16.5. The van der Waals surface area contributed by atoms with Crippen molar-refractivity contribution in [2.24, 2.45) is 5.92 Å². The summed E-state index contributed by atoms with van der Waals surface area (Å²) in [6, 6.07) is 5.05. The maximum Gasteiger partial charge on any atom is 0.508 e. The fraction of sp³-hybridized carbons (Fsp3) is 0.565. The van der Waals surface area contributed by atoms with Crippen molar-refractivity contribution in [2.75, 3.05) is 12.3 Å². The van der Waals surface area contributed by atoms with Gasteiger partial charge in [-0.15, -0.1) is 0 Å². The minimum Gasteiger partial charge on any atom is -0.431 e. The zero-order valence-electron chi connectivity index (χ0n) is 19.3. The number of hydrogen-bond acceptors (Lipinski definition) is 10. The minimum atomic E-state index is -1.96. The Hall–Kier alpha value is -3.20. The van der Waals surface area contributed by atoms with Crippen molar-refractivity contribution in [1.29, 1.82) is 5.26 Å². The normalized spacial score (nSPS) is 31.3. The number of nitriles is 1. The Kier molecular flexibility index (Phi) is 6.24. The van der Waals surface area contributed by atoms with Crippen molar-refractivity contribution in [2.45, 2.75) is 69.5 Å².